The second kappa shape index (κ2) is 5.47. The second-order valence-corrected chi connectivity index (χ2v) is 4.01. The van der Waals surface area contributed by atoms with Crippen molar-refractivity contribution in [3.05, 3.63) is 35.4 Å². The quantitative estimate of drug-likeness (QED) is 0.839. The minimum absolute atomic E-state index is 0. The van der Waals surface area contributed by atoms with Gasteiger partial charge in [0.05, 0.1) is 0 Å². The summed E-state index contributed by atoms with van der Waals surface area (Å²) in [5.41, 5.74) is 2.66. The number of halogens is 2. The van der Waals surface area contributed by atoms with Gasteiger partial charge in [-0.1, -0.05) is 24.3 Å². The maximum absolute atomic E-state index is 13.6. The van der Waals surface area contributed by atoms with Gasteiger partial charge in [-0.2, -0.15) is 0 Å². The van der Waals surface area contributed by atoms with E-state index in [0.717, 1.165) is 12.8 Å². The summed E-state index contributed by atoms with van der Waals surface area (Å²) in [5.74, 6) is 0.180. The molecule has 0 aliphatic heterocycles. The summed E-state index contributed by atoms with van der Waals surface area (Å²) in [5, 5.41) is 2.90. The first-order valence-corrected chi connectivity index (χ1v) is 5.16. The number of benzene rings is 1. The zero-order valence-electron chi connectivity index (χ0n) is 8.87. The van der Waals surface area contributed by atoms with Crippen molar-refractivity contribution in [2.75, 3.05) is 13.6 Å². The van der Waals surface area contributed by atoms with E-state index >= 15 is 0 Å². The lowest BCUT2D eigenvalue weighted by molar-refractivity contribution is 0.230. The van der Waals surface area contributed by atoms with E-state index in [1.165, 1.54) is 11.1 Å². The van der Waals surface area contributed by atoms with Crippen molar-refractivity contribution >= 4 is 12.4 Å². The zero-order chi connectivity index (χ0) is 9.97. The Morgan fingerprint density at radius 3 is 2.33 bits per heavy atom. The predicted molar refractivity (Wildman–Crippen MR) is 63.4 cm³/mol. The molecule has 0 saturated carbocycles. The molecule has 1 unspecified atom stereocenters. The average molecular weight is 230 g/mol. The third-order valence-corrected chi connectivity index (χ3v) is 2.99. The number of fused-ring (bicyclic) bond motifs is 1. The second-order valence-electron chi connectivity index (χ2n) is 4.01. The molecule has 3 heteroatoms. The Kier molecular flexibility index (Phi) is 4.55. The largest absolute Gasteiger partial charge is 0.317 e. The number of alkyl halides is 1. The molecule has 1 N–H and O–H groups in total. The highest BCUT2D eigenvalue weighted by molar-refractivity contribution is 5.85. The van der Waals surface area contributed by atoms with Crippen LogP contribution in [-0.2, 0) is 12.8 Å². The van der Waals surface area contributed by atoms with Gasteiger partial charge in [0.1, 0.15) is 6.17 Å². The van der Waals surface area contributed by atoms with Crippen molar-refractivity contribution < 1.29 is 4.39 Å². The smallest absolute Gasteiger partial charge is 0.116 e. The number of hydrogen-bond acceptors (Lipinski definition) is 1. The molecule has 0 bridgehead atoms. The first-order valence-electron chi connectivity index (χ1n) is 5.16. The van der Waals surface area contributed by atoms with Crippen molar-refractivity contribution in [1.29, 1.82) is 0 Å². The van der Waals surface area contributed by atoms with E-state index in [4.69, 9.17) is 0 Å². The minimum Gasteiger partial charge on any atom is -0.317 e. The lowest BCUT2D eigenvalue weighted by Gasteiger charge is -2.14. The summed E-state index contributed by atoms with van der Waals surface area (Å²) < 4.78 is 13.6. The Morgan fingerprint density at radius 2 is 1.87 bits per heavy atom. The van der Waals surface area contributed by atoms with Crippen molar-refractivity contribution in [1.82, 2.24) is 5.32 Å². The Hall–Kier alpha value is -0.600. The first-order chi connectivity index (χ1) is 6.81. The van der Waals surface area contributed by atoms with E-state index in [9.17, 15) is 4.39 Å². The Bertz CT molecular complexity index is 291. The maximum atomic E-state index is 13.6. The standard InChI is InChI=1S/C12H16FN.ClH/c1-14-8-12(13)11-6-9-4-2-3-5-10(9)7-11;/h2-5,11-12,14H,6-8H2,1H3;1H. The van der Waals surface area contributed by atoms with Gasteiger partial charge >= 0.3 is 0 Å². The van der Waals surface area contributed by atoms with E-state index in [2.05, 4.69) is 17.4 Å². The molecule has 15 heavy (non-hydrogen) atoms. The van der Waals surface area contributed by atoms with Crippen LogP contribution in [0.1, 0.15) is 11.1 Å². The highest BCUT2D eigenvalue weighted by atomic mass is 35.5. The topological polar surface area (TPSA) is 12.0 Å². The van der Waals surface area contributed by atoms with Crippen molar-refractivity contribution in [2.45, 2.75) is 19.0 Å². The van der Waals surface area contributed by atoms with Gasteiger partial charge in [0.2, 0.25) is 0 Å². The summed E-state index contributed by atoms with van der Waals surface area (Å²) >= 11 is 0. The van der Waals surface area contributed by atoms with Gasteiger partial charge in [0, 0.05) is 6.54 Å². The molecule has 0 aromatic heterocycles. The average Bonchev–Trinajstić information content (AvgIpc) is 2.61. The van der Waals surface area contributed by atoms with E-state index in [-0.39, 0.29) is 18.3 Å². The van der Waals surface area contributed by atoms with Crippen molar-refractivity contribution in [2.24, 2.45) is 5.92 Å². The highest BCUT2D eigenvalue weighted by Gasteiger charge is 2.27. The Balaban J connectivity index is 0.00000112. The van der Waals surface area contributed by atoms with Crippen LogP contribution < -0.4 is 5.32 Å². The van der Waals surface area contributed by atoms with Crippen LogP contribution in [0.3, 0.4) is 0 Å². The first kappa shape index (κ1) is 12.5. The maximum Gasteiger partial charge on any atom is 0.116 e. The molecule has 2 rings (SSSR count). The van der Waals surface area contributed by atoms with Crippen LogP contribution in [0.4, 0.5) is 4.39 Å². The fraction of sp³-hybridized carbons (Fsp3) is 0.500. The van der Waals surface area contributed by atoms with Crippen LogP contribution in [0, 0.1) is 5.92 Å². The van der Waals surface area contributed by atoms with Gasteiger partial charge in [-0.25, -0.2) is 4.39 Å². The van der Waals surface area contributed by atoms with Crippen LogP contribution >= 0.6 is 12.4 Å². The monoisotopic (exact) mass is 229 g/mol. The van der Waals surface area contributed by atoms with Gasteiger partial charge in [0.15, 0.2) is 0 Å². The minimum atomic E-state index is -0.715. The van der Waals surface area contributed by atoms with Crippen LogP contribution in [0.15, 0.2) is 24.3 Å². The molecule has 1 aliphatic rings. The molecule has 0 fully saturated rings. The molecular formula is C12H17ClFN. The van der Waals surface area contributed by atoms with Crippen LogP contribution in [-0.4, -0.2) is 19.8 Å². The number of nitrogens with one attached hydrogen (secondary N) is 1. The summed E-state index contributed by atoms with van der Waals surface area (Å²) in [6, 6.07) is 8.29. The van der Waals surface area contributed by atoms with Gasteiger partial charge in [0.25, 0.3) is 0 Å². The van der Waals surface area contributed by atoms with Gasteiger partial charge < -0.3 is 5.32 Å². The lowest BCUT2D eigenvalue weighted by atomic mass is 10.0. The molecule has 84 valence electrons. The van der Waals surface area contributed by atoms with E-state index in [1.54, 1.807) is 7.05 Å². The van der Waals surface area contributed by atoms with Crippen LogP contribution in [0.25, 0.3) is 0 Å². The number of hydrogen-bond donors (Lipinski definition) is 1. The third-order valence-electron chi connectivity index (χ3n) is 2.99. The molecular weight excluding hydrogens is 213 g/mol. The lowest BCUT2D eigenvalue weighted by Crippen LogP contribution is -2.27. The summed E-state index contributed by atoms with van der Waals surface area (Å²) in [7, 11) is 1.80. The van der Waals surface area contributed by atoms with Crippen LogP contribution in [0.5, 0.6) is 0 Å². The summed E-state index contributed by atoms with van der Waals surface area (Å²) in [6.07, 6.45) is 1.09. The molecule has 0 radical (unpaired) electrons. The fourth-order valence-corrected chi connectivity index (χ4v) is 2.21. The SMILES string of the molecule is CNCC(F)C1Cc2ccccc2C1.Cl. The number of rotatable bonds is 3. The van der Waals surface area contributed by atoms with Crippen molar-refractivity contribution in [3.8, 4) is 0 Å². The van der Waals surface area contributed by atoms with E-state index in [0.29, 0.717) is 6.54 Å². The molecule has 1 aliphatic carbocycles. The molecule has 1 atom stereocenters. The van der Waals surface area contributed by atoms with Gasteiger partial charge in [-0.05, 0) is 36.9 Å². The fourth-order valence-electron chi connectivity index (χ4n) is 2.21. The highest BCUT2D eigenvalue weighted by Crippen LogP contribution is 2.29. The normalized spacial score (nSPS) is 16.9. The molecule has 0 spiro atoms. The Labute approximate surface area is 96.5 Å². The molecule has 0 amide bonds. The van der Waals surface area contributed by atoms with Crippen LogP contribution in [0.2, 0.25) is 0 Å². The predicted octanol–water partition coefficient (Wildman–Crippen LogP) is 2.38. The third kappa shape index (κ3) is 2.70. The molecule has 1 aromatic carbocycles. The van der Waals surface area contributed by atoms with E-state index in [1.807, 2.05) is 12.1 Å². The molecule has 1 aromatic rings. The van der Waals surface area contributed by atoms with Crippen molar-refractivity contribution in [3.63, 3.8) is 0 Å². The van der Waals surface area contributed by atoms with Gasteiger partial charge in [-0.15, -0.1) is 12.4 Å². The molecule has 1 nitrogen and oxygen atoms in total. The molecule has 0 saturated heterocycles. The Morgan fingerprint density at radius 1 is 1.33 bits per heavy atom. The zero-order valence-corrected chi connectivity index (χ0v) is 9.69. The van der Waals surface area contributed by atoms with Gasteiger partial charge in [-0.3, -0.25) is 0 Å². The summed E-state index contributed by atoms with van der Waals surface area (Å²) in [6.45, 7) is 0.471. The van der Waals surface area contributed by atoms with E-state index < -0.39 is 6.17 Å². The summed E-state index contributed by atoms with van der Waals surface area (Å²) in [4.78, 5) is 0. The molecule has 0 heterocycles.